The van der Waals surface area contributed by atoms with Gasteiger partial charge in [-0.3, -0.25) is 4.68 Å². The molecule has 8 heteroatoms. The summed E-state index contributed by atoms with van der Waals surface area (Å²) < 4.78 is 24.5. The van der Waals surface area contributed by atoms with Gasteiger partial charge in [0, 0.05) is 12.1 Å². The molecule has 116 valence electrons. The van der Waals surface area contributed by atoms with Gasteiger partial charge in [-0.25, -0.2) is 4.39 Å². The highest BCUT2D eigenvalue weighted by molar-refractivity contribution is 5.62. The number of hydrogen-bond acceptors (Lipinski definition) is 6. The fourth-order valence-electron chi connectivity index (χ4n) is 2.17. The molecule has 0 spiro atoms. The second-order valence-electron chi connectivity index (χ2n) is 5.27. The number of hydrogen-bond donors (Lipinski definition) is 0. The Bertz CT molecular complexity index is 774. The van der Waals surface area contributed by atoms with Gasteiger partial charge in [0.2, 0.25) is 5.82 Å². The van der Waals surface area contributed by atoms with Crippen LogP contribution in [0, 0.1) is 6.92 Å². The first-order valence-corrected chi connectivity index (χ1v) is 6.99. The molecule has 3 aromatic rings. The van der Waals surface area contributed by atoms with Crippen molar-refractivity contribution < 1.29 is 13.4 Å². The summed E-state index contributed by atoms with van der Waals surface area (Å²) in [5.74, 6) is 1.62. The summed E-state index contributed by atoms with van der Waals surface area (Å²) in [6.45, 7) is 5.56. The first-order valence-electron chi connectivity index (χ1n) is 6.99. The Balaban J connectivity index is 1.95. The normalized spacial score (nSPS) is 11.5. The minimum absolute atomic E-state index is 0.152. The molecule has 0 aromatic carbocycles. The van der Waals surface area contributed by atoms with Crippen LogP contribution >= 0.6 is 0 Å². The van der Waals surface area contributed by atoms with E-state index in [-0.39, 0.29) is 12.5 Å². The third kappa shape index (κ3) is 2.51. The first-order chi connectivity index (χ1) is 10.6. The van der Waals surface area contributed by atoms with Gasteiger partial charge in [-0.15, -0.1) is 0 Å². The van der Waals surface area contributed by atoms with E-state index in [1.165, 1.54) is 4.68 Å². The lowest BCUT2D eigenvalue weighted by molar-refractivity contribution is 0.367. The fourth-order valence-corrected chi connectivity index (χ4v) is 2.17. The van der Waals surface area contributed by atoms with Crippen molar-refractivity contribution in [2.75, 3.05) is 6.67 Å². The van der Waals surface area contributed by atoms with Crippen molar-refractivity contribution in [3.63, 3.8) is 0 Å². The number of nitrogens with zero attached hydrogens (tertiary/aromatic N) is 5. The van der Waals surface area contributed by atoms with E-state index in [0.29, 0.717) is 28.7 Å². The standard InChI is InChI=1S/C14H16FN5O2/c1-8(2)12-11(9(3)18-21-12)14-17-13(19-22-14)10-6-16-20(7-10)5-4-15/h6-8H,4-5H2,1-3H3. The Kier molecular flexibility index (Phi) is 3.74. The summed E-state index contributed by atoms with van der Waals surface area (Å²) >= 11 is 0. The van der Waals surface area contributed by atoms with Gasteiger partial charge in [-0.2, -0.15) is 10.1 Å². The Hall–Kier alpha value is -2.51. The summed E-state index contributed by atoms with van der Waals surface area (Å²) in [6, 6.07) is 0. The van der Waals surface area contributed by atoms with Gasteiger partial charge in [-0.05, 0) is 6.92 Å². The smallest absolute Gasteiger partial charge is 0.263 e. The minimum Gasteiger partial charge on any atom is -0.360 e. The molecule has 0 aliphatic carbocycles. The van der Waals surface area contributed by atoms with Crippen LogP contribution in [0.1, 0.15) is 31.2 Å². The van der Waals surface area contributed by atoms with Gasteiger partial charge in [0.25, 0.3) is 5.89 Å². The van der Waals surface area contributed by atoms with Crippen molar-refractivity contribution in [1.29, 1.82) is 0 Å². The molecule has 3 heterocycles. The highest BCUT2D eigenvalue weighted by Crippen LogP contribution is 2.32. The summed E-state index contributed by atoms with van der Waals surface area (Å²) in [6.07, 6.45) is 3.26. The number of rotatable bonds is 5. The second kappa shape index (κ2) is 5.70. The van der Waals surface area contributed by atoms with E-state index in [0.717, 1.165) is 5.56 Å². The average molecular weight is 305 g/mol. The van der Waals surface area contributed by atoms with Gasteiger partial charge >= 0.3 is 0 Å². The summed E-state index contributed by atoms with van der Waals surface area (Å²) in [4.78, 5) is 4.38. The van der Waals surface area contributed by atoms with Crippen molar-refractivity contribution in [2.45, 2.75) is 33.2 Å². The zero-order valence-corrected chi connectivity index (χ0v) is 12.6. The van der Waals surface area contributed by atoms with Gasteiger partial charge in [0.05, 0.1) is 24.0 Å². The molecular weight excluding hydrogens is 289 g/mol. The minimum atomic E-state index is -0.476. The number of aromatic nitrogens is 5. The zero-order chi connectivity index (χ0) is 15.7. The molecule has 0 aliphatic rings. The maximum Gasteiger partial charge on any atom is 0.263 e. The molecule has 3 rings (SSSR count). The average Bonchev–Trinajstić information content (AvgIpc) is 3.16. The van der Waals surface area contributed by atoms with Crippen LogP contribution in [0.15, 0.2) is 21.4 Å². The van der Waals surface area contributed by atoms with Crippen molar-refractivity contribution >= 4 is 0 Å². The van der Waals surface area contributed by atoms with Crippen LogP contribution in [-0.4, -0.2) is 31.8 Å². The van der Waals surface area contributed by atoms with E-state index >= 15 is 0 Å². The molecule has 0 atom stereocenters. The van der Waals surface area contributed by atoms with E-state index in [2.05, 4.69) is 20.4 Å². The molecule has 3 aromatic heterocycles. The van der Waals surface area contributed by atoms with Crippen LogP contribution in [0.2, 0.25) is 0 Å². The van der Waals surface area contributed by atoms with Crippen molar-refractivity contribution in [2.24, 2.45) is 0 Å². The molecule has 0 saturated heterocycles. The number of aryl methyl sites for hydroxylation is 2. The summed E-state index contributed by atoms with van der Waals surface area (Å²) in [5.41, 5.74) is 2.10. The maximum absolute atomic E-state index is 12.3. The van der Waals surface area contributed by atoms with E-state index in [1.54, 1.807) is 12.4 Å². The lowest BCUT2D eigenvalue weighted by Gasteiger charge is -1.99. The van der Waals surface area contributed by atoms with Gasteiger partial charge in [0.1, 0.15) is 12.2 Å². The van der Waals surface area contributed by atoms with Crippen molar-refractivity contribution in [3.8, 4) is 22.8 Å². The fraction of sp³-hybridized carbons (Fsp3) is 0.429. The largest absolute Gasteiger partial charge is 0.360 e. The van der Waals surface area contributed by atoms with Crippen molar-refractivity contribution in [1.82, 2.24) is 25.1 Å². The zero-order valence-electron chi connectivity index (χ0n) is 12.6. The van der Waals surface area contributed by atoms with E-state index in [4.69, 9.17) is 9.05 Å². The van der Waals surface area contributed by atoms with E-state index in [1.807, 2.05) is 20.8 Å². The predicted octanol–water partition coefficient (Wildman–Crippen LogP) is 2.99. The predicted molar refractivity (Wildman–Crippen MR) is 75.8 cm³/mol. The number of alkyl halides is 1. The SMILES string of the molecule is Cc1noc(C(C)C)c1-c1nc(-c2cnn(CCF)c2)no1. The molecule has 7 nitrogen and oxygen atoms in total. The van der Waals surface area contributed by atoms with Crippen LogP contribution in [-0.2, 0) is 6.54 Å². The molecule has 0 saturated carbocycles. The third-order valence-corrected chi connectivity index (χ3v) is 3.26. The molecule has 0 N–H and O–H groups in total. The van der Waals surface area contributed by atoms with Crippen LogP contribution in [0.3, 0.4) is 0 Å². The Morgan fingerprint density at radius 1 is 1.27 bits per heavy atom. The molecule has 0 radical (unpaired) electrons. The van der Waals surface area contributed by atoms with Crippen LogP contribution in [0.5, 0.6) is 0 Å². The molecule has 0 fully saturated rings. The van der Waals surface area contributed by atoms with Gasteiger partial charge < -0.3 is 9.05 Å². The maximum atomic E-state index is 12.3. The summed E-state index contributed by atoms with van der Waals surface area (Å²) in [5, 5.41) is 12.0. The molecule has 0 bridgehead atoms. The second-order valence-corrected chi connectivity index (χ2v) is 5.27. The molecule has 0 amide bonds. The van der Waals surface area contributed by atoms with Gasteiger partial charge in [-0.1, -0.05) is 24.2 Å². The quantitative estimate of drug-likeness (QED) is 0.720. The molecule has 0 aliphatic heterocycles. The molecule has 0 unspecified atom stereocenters. The Morgan fingerprint density at radius 2 is 2.09 bits per heavy atom. The number of halogens is 1. The van der Waals surface area contributed by atoms with E-state index < -0.39 is 6.67 Å². The van der Waals surface area contributed by atoms with E-state index in [9.17, 15) is 4.39 Å². The van der Waals surface area contributed by atoms with Crippen LogP contribution in [0.4, 0.5) is 4.39 Å². The highest BCUT2D eigenvalue weighted by atomic mass is 19.1. The topological polar surface area (TPSA) is 82.8 Å². The molecular formula is C14H16FN5O2. The van der Waals surface area contributed by atoms with Crippen LogP contribution < -0.4 is 0 Å². The lowest BCUT2D eigenvalue weighted by atomic mass is 10.1. The summed E-state index contributed by atoms with van der Waals surface area (Å²) in [7, 11) is 0. The molecule has 22 heavy (non-hydrogen) atoms. The Labute approximate surface area is 126 Å². The van der Waals surface area contributed by atoms with Crippen LogP contribution in [0.25, 0.3) is 22.8 Å². The Morgan fingerprint density at radius 3 is 2.82 bits per heavy atom. The third-order valence-electron chi connectivity index (χ3n) is 3.26. The highest BCUT2D eigenvalue weighted by Gasteiger charge is 2.23. The first kappa shape index (κ1) is 14.4. The van der Waals surface area contributed by atoms with Gasteiger partial charge in [0.15, 0.2) is 5.76 Å². The monoisotopic (exact) mass is 305 g/mol. The lowest BCUT2D eigenvalue weighted by Crippen LogP contribution is -1.98. The van der Waals surface area contributed by atoms with Crippen molar-refractivity contribution in [3.05, 3.63) is 23.8 Å².